The van der Waals surface area contributed by atoms with E-state index in [2.05, 4.69) is 6.07 Å². The van der Waals surface area contributed by atoms with Crippen molar-refractivity contribution in [2.45, 2.75) is 6.92 Å². The summed E-state index contributed by atoms with van der Waals surface area (Å²) in [4.78, 5) is 13.2. The lowest BCUT2D eigenvalue weighted by atomic mass is 10.2. The quantitative estimate of drug-likeness (QED) is 0.802. The molecule has 0 aromatic heterocycles. The van der Waals surface area contributed by atoms with Gasteiger partial charge in [-0.2, -0.15) is 10.5 Å². The van der Waals surface area contributed by atoms with E-state index in [1.54, 1.807) is 38.2 Å². The van der Waals surface area contributed by atoms with E-state index >= 15 is 0 Å². The molecule has 0 saturated carbocycles. The van der Waals surface area contributed by atoms with Gasteiger partial charge in [-0.25, -0.2) is 0 Å². The van der Waals surface area contributed by atoms with Crippen molar-refractivity contribution in [3.05, 3.63) is 29.8 Å². The average molecular weight is 257 g/mol. The molecule has 1 rings (SSSR count). The van der Waals surface area contributed by atoms with Crippen LogP contribution in [-0.2, 0) is 4.79 Å². The third-order valence-electron chi connectivity index (χ3n) is 2.54. The molecule has 1 unspecified atom stereocenters. The average Bonchev–Trinajstić information content (AvgIpc) is 2.44. The van der Waals surface area contributed by atoms with Crippen LogP contribution < -0.4 is 4.74 Å². The molecule has 0 heterocycles. The third kappa shape index (κ3) is 4.69. The normalized spacial score (nSPS) is 10.9. The number of benzene rings is 1. The molecule has 0 N–H and O–H groups in total. The first kappa shape index (κ1) is 14.5. The van der Waals surface area contributed by atoms with E-state index in [9.17, 15) is 4.79 Å². The van der Waals surface area contributed by atoms with Gasteiger partial charge in [-0.15, -0.1) is 0 Å². The number of hydrogen-bond acceptors (Lipinski definition) is 4. The third-order valence-corrected chi connectivity index (χ3v) is 2.54. The highest BCUT2D eigenvalue weighted by molar-refractivity contribution is 5.77. The first-order chi connectivity index (χ1) is 9.06. The van der Waals surface area contributed by atoms with E-state index in [-0.39, 0.29) is 18.4 Å². The number of nitrogens with zero attached hydrogens (tertiary/aromatic N) is 3. The summed E-state index contributed by atoms with van der Waals surface area (Å²) >= 11 is 0. The highest BCUT2D eigenvalue weighted by Gasteiger charge is 2.12. The van der Waals surface area contributed by atoms with Crippen molar-refractivity contribution in [3.63, 3.8) is 0 Å². The van der Waals surface area contributed by atoms with Gasteiger partial charge < -0.3 is 9.64 Å². The van der Waals surface area contributed by atoms with Crippen LogP contribution >= 0.6 is 0 Å². The summed E-state index contributed by atoms with van der Waals surface area (Å²) in [7, 11) is 1.64. The fourth-order valence-corrected chi connectivity index (χ4v) is 1.43. The second-order valence-electron chi connectivity index (χ2n) is 4.23. The Hall–Kier alpha value is -2.53. The number of nitriles is 2. The SMILES string of the molecule is CC(C#N)CN(C)C(=O)COc1ccc(C#N)cc1. The predicted octanol–water partition coefficient (Wildman–Crippen LogP) is 1.56. The maximum Gasteiger partial charge on any atom is 0.260 e. The van der Waals surface area contributed by atoms with E-state index in [1.165, 1.54) is 4.90 Å². The van der Waals surface area contributed by atoms with Crippen molar-refractivity contribution in [3.8, 4) is 17.9 Å². The molecule has 0 aliphatic carbocycles. The summed E-state index contributed by atoms with van der Waals surface area (Å²) in [5.74, 6) is 0.143. The minimum atomic E-state index is -0.205. The largest absolute Gasteiger partial charge is 0.484 e. The molecule has 5 heteroatoms. The number of ether oxygens (including phenoxy) is 1. The summed E-state index contributed by atoms with van der Waals surface area (Å²) in [6, 6.07) is 10.6. The first-order valence-corrected chi connectivity index (χ1v) is 5.83. The van der Waals surface area contributed by atoms with Gasteiger partial charge in [0, 0.05) is 13.6 Å². The lowest BCUT2D eigenvalue weighted by molar-refractivity contribution is -0.132. The second kappa shape index (κ2) is 7.03. The Kier molecular flexibility index (Phi) is 5.37. The van der Waals surface area contributed by atoms with Crippen LogP contribution in [0.15, 0.2) is 24.3 Å². The van der Waals surface area contributed by atoms with Crippen molar-refractivity contribution in [1.29, 1.82) is 10.5 Å². The highest BCUT2D eigenvalue weighted by Crippen LogP contribution is 2.11. The molecule has 0 bridgehead atoms. The Bertz CT molecular complexity index is 511. The van der Waals surface area contributed by atoms with Crippen molar-refractivity contribution >= 4 is 5.91 Å². The van der Waals surface area contributed by atoms with Crippen LogP contribution in [0.4, 0.5) is 0 Å². The Morgan fingerprint density at radius 3 is 2.53 bits per heavy atom. The van der Waals surface area contributed by atoms with Crippen molar-refractivity contribution in [1.82, 2.24) is 4.90 Å². The van der Waals surface area contributed by atoms with Crippen LogP contribution in [-0.4, -0.2) is 31.0 Å². The fraction of sp³-hybridized carbons (Fsp3) is 0.357. The second-order valence-corrected chi connectivity index (χ2v) is 4.23. The molecule has 0 spiro atoms. The van der Waals surface area contributed by atoms with Crippen molar-refractivity contribution < 1.29 is 9.53 Å². The fourth-order valence-electron chi connectivity index (χ4n) is 1.43. The zero-order valence-electron chi connectivity index (χ0n) is 11.0. The van der Waals surface area contributed by atoms with E-state index in [1.807, 2.05) is 6.07 Å². The van der Waals surface area contributed by atoms with Gasteiger partial charge in [0.1, 0.15) is 5.75 Å². The zero-order chi connectivity index (χ0) is 14.3. The van der Waals surface area contributed by atoms with Crippen LogP contribution in [0.2, 0.25) is 0 Å². The molecule has 0 radical (unpaired) electrons. The van der Waals surface area contributed by atoms with Gasteiger partial charge in [0.25, 0.3) is 5.91 Å². The maximum atomic E-state index is 11.7. The number of hydrogen-bond donors (Lipinski definition) is 0. The number of carbonyl (C=O) groups excluding carboxylic acids is 1. The first-order valence-electron chi connectivity index (χ1n) is 5.83. The number of carbonyl (C=O) groups is 1. The van der Waals surface area contributed by atoms with Crippen LogP contribution in [0.3, 0.4) is 0 Å². The van der Waals surface area contributed by atoms with Gasteiger partial charge in [0.2, 0.25) is 0 Å². The van der Waals surface area contributed by atoms with Crippen LogP contribution in [0.5, 0.6) is 5.75 Å². The van der Waals surface area contributed by atoms with Gasteiger partial charge >= 0.3 is 0 Å². The molecular formula is C14H15N3O2. The smallest absolute Gasteiger partial charge is 0.260 e. The summed E-state index contributed by atoms with van der Waals surface area (Å²) in [5, 5.41) is 17.3. The zero-order valence-corrected chi connectivity index (χ0v) is 11.0. The molecular weight excluding hydrogens is 242 g/mol. The molecule has 1 aromatic carbocycles. The molecule has 5 nitrogen and oxygen atoms in total. The van der Waals surface area contributed by atoms with Crippen molar-refractivity contribution in [2.75, 3.05) is 20.2 Å². The number of likely N-dealkylation sites (N-methyl/N-ethyl adjacent to an activating group) is 1. The Balaban J connectivity index is 2.45. The van der Waals surface area contributed by atoms with Gasteiger partial charge in [-0.1, -0.05) is 0 Å². The lowest BCUT2D eigenvalue weighted by Gasteiger charge is -2.18. The van der Waals surface area contributed by atoms with E-state index in [4.69, 9.17) is 15.3 Å². The molecule has 0 fully saturated rings. The minimum Gasteiger partial charge on any atom is -0.484 e. The standard InChI is InChI=1S/C14H15N3O2/c1-11(7-15)9-17(2)14(18)10-19-13-5-3-12(8-16)4-6-13/h3-6,11H,9-10H2,1-2H3. The molecule has 0 aliphatic rings. The molecule has 1 amide bonds. The monoisotopic (exact) mass is 257 g/mol. The summed E-state index contributed by atoms with van der Waals surface area (Å²) in [6.07, 6.45) is 0. The van der Waals surface area contributed by atoms with Gasteiger partial charge in [0.15, 0.2) is 6.61 Å². The highest BCUT2D eigenvalue weighted by atomic mass is 16.5. The molecule has 1 atom stereocenters. The maximum absolute atomic E-state index is 11.7. The molecule has 19 heavy (non-hydrogen) atoms. The summed E-state index contributed by atoms with van der Waals surface area (Å²) in [6.45, 7) is 2.05. The van der Waals surface area contributed by atoms with Gasteiger partial charge in [-0.05, 0) is 31.2 Å². The lowest BCUT2D eigenvalue weighted by Crippen LogP contribution is -2.34. The Morgan fingerprint density at radius 2 is 2.00 bits per heavy atom. The molecule has 0 saturated heterocycles. The topological polar surface area (TPSA) is 77.1 Å². The van der Waals surface area contributed by atoms with E-state index < -0.39 is 0 Å². The van der Waals surface area contributed by atoms with Crippen LogP contribution in [0, 0.1) is 28.6 Å². The van der Waals surface area contributed by atoms with E-state index in [0.717, 1.165) is 0 Å². The summed E-state index contributed by atoms with van der Waals surface area (Å²) in [5.41, 5.74) is 0.540. The van der Waals surface area contributed by atoms with Crippen LogP contribution in [0.1, 0.15) is 12.5 Å². The molecule has 0 aliphatic heterocycles. The summed E-state index contributed by atoms with van der Waals surface area (Å²) < 4.78 is 5.32. The van der Waals surface area contributed by atoms with Gasteiger partial charge in [0.05, 0.1) is 23.6 Å². The predicted molar refractivity (Wildman–Crippen MR) is 69.1 cm³/mol. The van der Waals surface area contributed by atoms with Gasteiger partial charge in [-0.3, -0.25) is 4.79 Å². The number of amides is 1. The number of rotatable bonds is 5. The minimum absolute atomic E-state index is 0.0828. The molecule has 1 aromatic rings. The molecule has 98 valence electrons. The van der Waals surface area contributed by atoms with Crippen molar-refractivity contribution in [2.24, 2.45) is 5.92 Å². The van der Waals surface area contributed by atoms with E-state index in [0.29, 0.717) is 17.9 Å². The van der Waals surface area contributed by atoms with Crippen LogP contribution in [0.25, 0.3) is 0 Å². The Morgan fingerprint density at radius 1 is 1.37 bits per heavy atom. The Labute approximate surface area is 112 Å².